The summed E-state index contributed by atoms with van der Waals surface area (Å²) in [6.07, 6.45) is 3.38. The number of nitrogens with zero attached hydrogens (tertiary/aromatic N) is 1. The minimum absolute atomic E-state index is 0.0552. The lowest BCUT2D eigenvalue weighted by atomic mass is 9.98. The molecule has 0 fully saturated rings. The van der Waals surface area contributed by atoms with Gasteiger partial charge in [-0.3, -0.25) is 4.98 Å². The first-order valence-electron chi connectivity index (χ1n) is 7.20. The first kappa shape index (κ1) is 15.9. The van der Waals surface area contributed by atoms with Gasteiger partial charge in [0, 0.05) is 17.9 Å². The van der Waals surface area contributed by atoms with Crippen molar-refractivity contribution in [1.29, 1.82) is 0 Å². The molecule has 112 valence electrons. The Hall–Kier alpha value is -1.45. The van der Waals surface area contributed by atoms with Gasteiger partial charge >= 0.3 is 0 Å². The van der Waals surface area contributed by atoms with E-state index in [1.54, 1.807) is 24.4 Å². The zero-order valence-electron chi connectivity index (χ0n) is 12.4. The minimum Gasteiger partial charge on any atom is -0.310 e. The molecular weight excluding hydrogens is 287 g/mol. The van der Waals surface area contributed by atoms with E-state index in [0.29, 0.717) is 12.0 Å². The van der Waals surface area contributed by atoms with Crippen molar-refractivity contribution < 1.29 is 4.39 Å². The van der Waals surface area contributed by atoms with Crippen molar-refractivity contribution in [3.05, 3.63) is 64.2 Å². The number of hydrogen-bond donors (Lipinski definition) is 1. The molecule has 0 amide bonds. The van der Waals surface area contributed by atoms with Gasteiger partial charge in [0.2, 0.25) is 0 Å². The minimum atomic E-state index is -0.326. The van der Waals surface area contributed by atoms with E-state index in [-0.39, 0.29) is 16.9 Å². The third kappa shape index (κ3) is 4.26. The van der Waals surface area contributed by atoms with Gasteiger partial charge < -0.3 is 5.32 Å². The van der Waals surface area contributed by atoms with Gasteiger partial charge in [-0.25, -0.2) is 4.39 Å². The summed E-state index contributed by atoms with van der Waals surface area (Å²) < 4.78 is 14.1. The maximum Gasteiger partial charge on any atom is 0.145 e. The molecule has 0 spiro atoms. The molecule has 0 aliphatic rings. The van der Waals surface area contributed by atoms with Crippen LogP contribution in [-0.2, 0) is 6.42 Å². The smallest absolute Gasteiger partial charge is 0.145 e. The fourth-order valence-electron chi connectivity index (χ4n) is 2.34. The maximum atomic E-state index is 14.1. The van der Waals surface area contributed by atoms with Crippen molar-refractivity contribution in [3.63, 3.8) is 0 Å². The van der Waals surface area contributed by atoms with Crippen LogP contribution in [0.4, 0.5) is 4.39 Å². The summed E-state index contributed by atoms with van der Waals surface area (Å²) in [5.74, 6) is -0.326. The Morgan fingerprint density at radius 3 is 2.86 bits per heavy atom. The van der Waals surface area contributed by atoms with Crippen LogP contribution in [0, 0.1) is 12.7 Å². The fourth-order valence-corrected chi connectivity index (χ4v) is 2.53. The molecular formula is C17H20ClFN2. The van der Waals surface area contributed by atoms with Crippen LogP contribution in [0.25, 0.3) is 0 Å². The van der Waals surface area contributed by atoms with E-state index in [1.807, 2.05) is 19.1 Å². The lowest BCUT2D eigenvalue weighted by Gasteiger charge is -2.20. The lowest BCUT2D eigenvalue weighted by molar-refractivity contribution is 0.512. The van der Waals surface area contributed by atoms with E-state index >= 15 is 0 Å². The summed E-state index contributed by atoms with van der Waals surface area (Å²) in [7, 11) is 0. The number of nitrogens with one attached hydrogen (secondary N) is 1. The molecule has 0 radical (unpaired) electrons. The van der Waals surface area contributed by atoms with Gasteiger partial charge in [-0.1, -0.05) is 30.7 Å². The van der Waals surface area contributed by atoms with E-state index in [2.05, 4.69) is 17.2 Å². The largest absolute Gasteiger partial charge is 0.310 e. The zero-order chi connectivity index (χ0) is 15.2. The molecule has 2 aromatic rings. The van der Waals surface area contributed by atoms with Crippen LogP contribution in [0.15, 0.2) is 36.5 Å². The summed E-state index contributed by atoms with van der Waals surface area (Å²) in [5.41, 5.74) is 2.71. The molecule has 0 aliphatic heterocycles. The maximum absolute atomic E-state index is 14.1. The molecule has 0 saturated carbocycles. The number of rotatable bonds is 6. The number of benzene rings is 1. The van der Waals surface area contributed by atoms with Gasteiger partial charge in [-0.15, -0.1) is 0 Å². The molecule has 2 rings (SSSR count). The number of aryl methyl sites for hydroxylation is 1. The molecule has 1 unspecified atom stereocenters. The molecule has 1 aromatic carbocycles. The Bertz CT molecular complexity index is 601. The highest BCUT2D eigenvalue weighted by atomic mass is 35.5. The topological polar surface area (TPSA) is 24.9 Å². The second-order valence-electron chi connectivity index (χ2n) is 5.15. The molecule has 1 heterocycles. The first-order chi connectivity index (χ1) is 10.1. The Morgan fingerprint density at radius 1 is 1.33 bits per heavy atom. The summed E-state index contributed by atoms with van der Waals surface area (Å²) in [4.78, 5) is 4.22. The van der Waals surface area contributed by atoms with Crippen LogP contribution in [-0.4, -0.2) is 11.5 Å². The van der Waals surface area contributed by atoms with Crippen LogP contribution < -0.4 is 5.32 Å². The van der Waals surface area contributed by atoms with Crippen molar-refractivity contribution in [2.45, 2.75) is 32.7 Å². The van der Waals surface area contributed by atoms with Crippen LogP contribution in [0.2, 0.25) is 5.02 Å². The van der Waals surface area contributed by atoms with Crippen LogP contribution in [0.1, 0.15) is 36.2 Å². The van der Waals surface area contributed by atoms with Crippen molar-refractivity contribution in [2.75, 3.05) is 6.54 Å². The normalized spacial score (nSPS) is 12.4. The van der Waals surface area contributed by atoms with E-state index in [4.69, 9.17) is 11.6 Å². The third-order valence-electron chi connectivity index (χ3n) is 3.42. The second kappa shape index (κ2) is 7.53. The van der Waals surface area contributed by atoms with Gasteiger partial charge in [-0.05, 0) is 55.6 Å². The Morgan fingerprint density at radius 2 is 2.14 bits per heavy atom. The predicted molar refractivity (Wildman–Crippen MR) is 85.1 cm³/mol. The Balaban J connectivity index is 2.26. The predicted octanol–water partition coefficient (Wildman–Crippen LogP) is 4.47. The average Bonchev–Trinajstić information content (AvgIpc) is 2.47. The molecule has 2 nitrogen and oxygen atoms in total. The number of hydrogen-bond acceptors (Lipinski definition) is 2. The molecule has 0 bridgehead atoms. The van der Waals surface area contributed by atoms with Gasteiger partial charge in [0.05, 0.1) is 5.02 Å². The standard InChI is InChI=1S/C17H20ClFN2/c1-3-8-21-16(13-7-9-20-12(2)10-13)11-14-5-4-6-15(18)17(14)19/h4-7,9-10,16,21H,3,8,11H2,1-2H3. The summed E-state index contributed by atoms with van der Waals surface area (Å²) >= 11 is 5.87. The van der Waals surface area contributed by atoms with Crippen molar-refractivity contribution in [3.8, 4) is 0 Å². The Labute approximate surface area is 130 Å². The second-order valence-corrected chi connectivity index (χ2v) is 5.56. The van der Waals surface area contributed by atoms with E-state index in [9.17, 15) is 4.39 Å². The van der Waals surface area contributed by atoms with E-state index in [0.717, 1.165) is 24.2 Å². The first-order valence-corrected chi connectivity index (χ1v) is 7.58. The molecule has 0 saturated heterocycles. The quantitative estimate of drug-likeness (QED) is 0.852. The average molecular weight is 307 g/mol. The van der Waals surface area contributed by atoms with E-state index in [1.165, 1.54) is 0 Å². The molecule has 1 aromatic heterocycles. The van der Waals surface area contributed by atoms with Gasteiger partial charge in [-0.2, -0.15) is 0 Å². The van der Waals surface area contributed by atoms with Gasteiger partial charge in [0.15, 0.2) is 0 Å². The SMILES string of the molecule is CCCNC(Cc1cccc(Cl)c1F)c1ccnc(C)c1. The molecule has 0 aliphatic carbocycles. The summed E-state index contributed by atoms with van der Waals surface area (Å²) in [5, 5.41) is 3.64. The van der Waals surface area contributed by atoms with Gasteiger partial charge in [0.1, 0.15) is 5.82 Å². The Kier molecular flexibility index (Phi) is 5.71. The highest BCUT2D eigenvalue weighted by molar-refractivity contribution is 6.30. The number of pyridine rings is 1. The molecule has 21 heavy (non-hydrogen) atoms. The lowest BCUT2D eigenvalue weighted by Crippen LogP contribution is -2.24. The summed E-state index contributed by atoms with van der Waals surface area (Å²) in [6, 6.07) is 9.22. The van der Waals surface area contributed by atoms with Gasteiger partial charge in [0.25, 0.3) is 0 Å². The van der Waals surface area contributed by atoms with Crippen molar-refractivity contribution in [2.24, 2.45) is 0 Å². The molecule has 4 heteroatoms. The van der Waals surface area contributed by atoms with Crippen LogP contribution in [0.3, 0.4) is 0 Å². The zero-order valence-corrected chi connectivity index (χ0v) is 13.1. The molecule has 1 N–H and O–H groups in total. The number of aromatic nitrogens is 1. The van der Waals surface area contributed by atoms with Crippen molar-refractivity contribution in [1.82, 2.24) is 10.3 Å². The third-order valence-corrected chi connectivity index (χ3v) is 3.71. The van der Waals surface area contributed by atoms with E-state index < -0.39 is 0 Å². The number of halogens is 2. The van der Waals surface area contributed by atoms with Crippen molar-refractivity contribution >= 4 is 11.6 Å². The monoisotopic (exact) mass is 306 g/mol. The highest BCUT2D eigenvalue weighted by Gasteiger charge is 2.15. The fraction of sp³-hybridized carbons (Fsp3) is 0.353. The molecule has 1 atom stereocenters. The van der Waals surface area contributed by atoms with Crippen LogP contribution in [0.5, 0.6) is 0 Å². The summed E-state index contributed by atoms with van der Waals surface area (Å²) in [6.45, 7) is 4.95. The van der Waals surface area contributed by atoms with Crippen LogP contribution >= 0.6 is 11.6 Å². The highest BCUT2D eigenvalue weighted by Crippen LogP contribution is 2.24.